The van der Waals surface area contributed by atoms with Gasteiger partial charge in [-0.15, -0.1) is 0 Å². The highest BCUT2D eigenvalue weighted by molar-refractivity contribution is 6.37. The van der Waals surface area contributed by atoms with E-state index in [9.17, 15) is 4.79 Å². The van der Waals surface area contributed by atoms with Crippen LogP contribution in [0.5, 0.6) is 0 Å². The zero-order valence-electron chi connectivity index (χ0n) is 12.9. The molecule has 1 saturated carbocycles. The highest BCUT2D eigenvalue weighted by Gasteiger charge is 2.37. The SMILES string of the molecule is C[B]C1Nc2cc(C(=O)OC)ccc2[C@@H]1C1CCCCC1. The topological polar surface area (TPSA) is 38.3 Å². The molecule has 1 fully saturated rings. The molecule has 2 aliphatic rings. The van der Waals surface area contributed by atoms with E-state index in [1.807, 2.05) is 12.1 Å². The fourth-order valence-corrected chi connectivity index (χ4v) is 4.01. The van der Waals surface area contributed by atoms with Crippen molar-refractivity contribution in [2.45, 2.75) is 50.8 Å². The van der Waals surface area contributed by atoms with Gasteiger partial charge in [0.2, 0.25) is 0 Å². The van der Waals surface area contributed by atoms with E-state index in [0.717, 1.165) is 11.6 Å². The average Bonchev–Trinajstić information content (AvgIpc) is 2.92. The maximum Gasteiger partial charge on any atom is 0.337 e. The van der Waals surface area contributed by atoms with Gasteiger partial charge in [0.05, 0.1) is 12.7 Å². The van der Waals surface area contributed by atoms with Crippen molar-refractivity contribution in [2.75, 3.05) is 12.4 Å². The summed E-state index contributed by atoms with van der Waals surface area (Å²) in [5, 5.41) is 3.59. The molecule has 1 heterocycles. The quantitative estimate of drug-likeness (QED) is 0.680. The van der Waals surface area contributed by atoms with E-state index in [-0.39, 0.29) is 5.97 Å². The van der Waals surface area contributed by atoms with Gasteiger partial charge >= 0.3 is 5.97 Å². The molecular formula is C17H23BNO2. The predicted octanol–water partition coefficient (Wildman–Crippen LogP) is 3.64. The van der Waals surface area contributed by atoms with E-state index < -0.39 is 0 Å². The van der Waals surface area contributed by atoms with E-state index in [2.05, 4.69) is 25.5 Å². The highest BCUT2D eigenvalue weighted by Crippen LogP contribution is 2.45. The van der Waals surface area contributed by atoms with Gasteiger partial charge in [-0.1, -0.05) is 32.2 Å². The second kappa shape index (κ2) is 6.12. The molecule has 2 atom stereocenters. The fourth-order valence-electron chi connectivity index (χ4n) is 4.01. The van der Waals surface area contributed by atoms with Crippen LogP contribution in [-0.4, -0.2) is 26.3 Å². The van der Waals surface area contributed by atoms with Crippen molar-refractivity contribution in [1.29, 1.82) is 0 Å². The van der Waals surface area contributed by atoms with Crippen molar-refractivity contribution in [3.05, 3.63) is 29.3 Å². The van der Waals surface area contributed by atoms with Crippen LogP contribution in [0.25, 0.3) is 0 Å². The second-order valence-corrected chi connectivity index (χ2v) is 6.22. The van der Waals surface area contributed by atoms with Crippen LogP contribution in [-0.2, 0) is 4.74 Å². The maximum absolute atomic E-state index is 11.7. The van der Waals surface area contributed by atoms with Crippen molar-refractivity contribution in [1.82, 2.24) is 0 Å². The van der Waals surface area contributed by atoms with Crippen molar-refractivity contribution in [3.8, 4) is 0 Å². The van der Waals surface area contributed by atoms with Gasteiger partial charge < -0.3 is 10.1 Å². The molecule has 21 heavy (non-hydrogen) atoms. The Balaban J connectivity index is 1.90. The van der Waals surface area contributed by atoms with Crippen molar-refractivity contribution in [2.24, 2.45) is 5.92 Å². The fraction of sp³-hybridized carbons (Fsp3) is 0.588. The molecule has 1 aliphatic heterocycles. The van der Waals surface area contributed by atoms with Gasteiger partial charge in [0.25, 0.3) is 0 Å². The number of hydrogen-bond acceptors (Lipinski definition) is 3. The molecule has 1 N–H and O–H groups in total. The Hall–Kier alpha value is -1.45. The third-order valence-electron chi connectivity index (χ3n) is 5.06. The lowest BCUT2D eigenvalue weighted by Crippen LogP contribution is -2.31. The summed E-state index contributed by atoms with van der Waals surface area (Å²) in [7, 11) is 3.69. The largest absolute Gasteiger partial charge is 0.465 e. The zero-order valence-corrected chi connectivity index (χ0v) is 12.9. The van der Waals surface area contributed by atoms with Crippen LogP contribution in [0.4, 0.5) is 5.69 Å². The first-order chi connectivity index (χ1) is 10.2. The molecule has 111 valence electrons. The molecule has 0 spiro atoms. The Morgan fingerprint density at radius 3 is 2.71 bits per heavy atom. The smallest absolute Gasteiger partial charge is 0.337 e. The number of carbonyl (C=O) groups is 1. The molecule has 1 aromatic rings. The Bertz CT molecular complexity index is 526. The van der Waals surface area contributed by atoms with E-state index in [4.69, 9.17) is 4.74 Å². The lowest BCUT2D eigenvalue weighted by molar-refractivity contribution is 0.0601. The average molecular weight is 284 g/mol. The summed E-state index contributed by atoms with van der Waals surface area (Å²) in [5.41, 5.74) is 3.11. The Morgan fingerprint density at radius 1 is 1.29 bits per heavy atom. The minimum absolute atomic E-state index is 0.266. The third-order valence-corrected chi connectivity index (χ3v) is 5.06. The Labute approximate surface area is 127 Å². The van der Waals surface area contributed by atoms with E-state index in [0.29, 0.717) is 17.4 Å². The molecule has 1 aromatic carbocycles. The molecule has 1 unspecified atom stereocenters. The molecule has 4 heteroatoms. The molecule has 0 bridgehead atoms. The van der Waals surface area contributed by atoms with Crippen molar-refractivity contribution >= 4 is 18.9 Å². The third kappa shape index (κ3) is 2.68. The van der Waals surface area contributed by atoms with Gasteiger partial charge in [-0.3, -0.25) is 0 Å². The van der Waals surface area contributed by atoms with Gasteiger partial charge in [-0.2, -0.15) is 0 Å². The maximum atomic E-state index is 11.7. The molecule has 0 aromatic heterocycles. The molecule has 1 aliphatic carbocycles. The van der Waals surface area contributed by atoms with Crippen LogP contribution in [0.3, 0.4) is 0 Å². The zero-order chi connectivity index (χ0) is 14.8. The molecule has 0 saturated heterocycles. The normalized spacial score (nSPS) is 25.0. The summed E-state index contributed by atoms with van der Waals surface area (Å²) in [4.78, 5) is 11.7. The summed E-state index contributed by atoms with van der Waals surface area (Å²) in [5.74, 6) is 1.43. The predicted molar refractivity (Wildman–Crippen MR) is 86.1 cm³/mol. The van der Waals surface area contributed by atoms with Gasteiger partial charge in [0, 0.05) is 17.5 Å². The lowest BCUT2D eigenvalue weighted by Gasteiger charge is -2.31. The summed E-state index contributed by atoms with van der Waals surface area (Å²) in [6.07, 6.45) is 6.75. The lowest BCUT2D eigenvalue weighted by atomic mass is 9.61. The first kappa shape index (κ1) is 14.5. The Kier molecular flexibility index (Phi) is 4.23. The van der Waals surface area contributed by atoms with Crippen LogP contribution >= 0.6 is 0 Å². The number of fused-ring (bicyclic) bond motifs is 1. The number of rotatable bonds is 3. The summed E-state index contributed by atoms with van der Waals surface area (Å²) in [6.45, 7) is 2.13. The molecular weight excluding hydrogens is 261 g/mol. The van der Waals surface area contributed by atoms with Gasteiger partial charge in [0.15, 0.2) is 0 Å². The summed E-state index contributed by atoms with van der Waals surface area (Å²) >= 11 is 0. The number of methoxy groups -OCH3 is 1. The summed E-state index contributed by atoms with van der Waals surface area (Å²) in [6, 6.07) is 5.97. The minimum atomic E-state index is -0.266. The number of carbonyl (C=O) groups excluding carboxylic acids is 1. The molecule has 0 amide bonds. The molecule has 3 rings (SSSR count). The van der Waals surface area contributed by atoms with Crippen LogP contribution in [0, 0.1) is 5.92 Å². The van der Waals surface area contributed by atoms with Crippen LogP contribution in [0.2, 0.25) is 6.82 Å². The number of hydrogen-bond donors (Lipinski definition) is 1. The number of anilines is 1. The Morgan fingerprint density at radius 2 is 2.05 bits per heavy atom. The molecule has 3 nitrogen and oxygen atoms in total. The van der Waals surface area contributed by atoms with E-state index in [1.54, 1.807) is 0 Å². The first-order valence-electron chi connectivity index (χ1n) is 8.03. The van der Waals surface area contributed by atoms with Gasteiger partial charge in [0.1, 0.15) is 7.28 Å². The van der Waals surface area contributed by atoms with Crippen molar-refractivity contribution < 1.29 is 9.53 Å². The number of nitrogens with one attached hydrogen (secondary N) is 1. The van der Waals surface area contributed by atoms with E-state index in [1.165, 1.54) is 44.8 Å². The number of benzene rings is 1. The first-order valence-corrected chi connectivity index (χ1v) is 8.03. The highest BCUT2D eigenvalue weighted by atomic mass is 16.5. The van der Waals surface area contributed by atoms with Crippen LogP contribution in [0.15, 0.2) is 18.2 Å². The summed E-state index contributed by atoms with van der Waals surface area (Å²) < 4.78 is 4.82. The standard InChI is InChI=1S/C17H23BNO2/c1-18-16-15(11-6-4-3-5-7-11)13-9-8-12(17(20)21-2)10-14(13)19-16/h8-11,15-16,19H,3-7H2,1-2H3/t15-,16?/m0/s1. The van der Waals surface area contributed by atoms with Gasteiger partial charge in [-0.05, 0) is 36.5 Å². The van der Waals surface area contributed by atoms with E-state index >= 15 is 0 Å². The minimum Gasteiger partial charge on any atom is -0.465 e. The van der Waals surface area contributed by atoms with Crippen molar-refractivity contribution in [3.63, 3.8) is 0 Å². The second-order valence-electron chi connectivity index (χ2n) is 6.22. The van der Waals surface area contributed by atoms with Crippen LogP contribution < -0.4 is 5.32 Å². The van der Waals surface area contributed by atoms with Crippen LogP contribution in [0.1, 0.15) is 53.9 Å². The van der Waals surface area contributed by atoms with Gasteiger partial charge in [-0.25, -0.2) is 4.79 Å². The monoisotopic (exact) mass is 284 g/mol. The number of esters is 1. The molecule has 1 radical (unpaired) electrons. The number of ether oxygens (including phenoxy) is 1.